The molecule has 1 heterocycles. The fourth-order valence-electron chi connectivity index (χ4n) is 5.46. The summed E-state index contributed by atoms with van der Waals surface area (Å²) in [5.41, 5.74) is 2.33. The topological polar surface area (TPSA) is 134 Å². The van der Waals surface area contributed by atoms with E-state index < -0.39 is 62.7 Å². The number of carbonyl (C=O) groups is 2. The molecule has 13 heteroatoms. The Morgan fingerprint density at radius 1 is 1.04 bits per heavy atom. The average molecular weight is 684 g/mol. The van der Waals surface area contributed by atoms with E-state index in [4.69, 9.17) is 4.74 Å². The molecule has 1 aliphatic heterocycles. The first kappa shape index (κ1) is 37.7. The van der Waals surface area contributed by atoms with Crippen molar-refractivity contribution in [1.82, 2.24) is 16.0 Å². The van der Waals surface area contributed by atoms with Gasteiger partial charge in [0.25, 0.3) is 0 Å². The van der Waals surface area contributed by atoms with Crippen LogP contribution in [-0.2, 0) is 38.8 Å². The van der Waals surface area contributed by atoms with E-state index in [1.807, 2.05) is 38.1 Å². The van der Waals surface area contributed by atoms with Crippen molar-refractivity contribution in [2.24, 2.45) is 0 Å². The van der Waals surface area contributed by atoms with Crippen molar-refractivity contribution >= 4 is 33.6 Å². The van der Waals surface area contributed by atoms with Crippen LogP contribution in [0.2, 0.25) is 0 Å². The summed E-state index contributed by atoms with van der Waals surface area (Å²) in [6, 6.07) is 8.25. The van der Waals surface area contributed by atoms with Gasteiger partial charge in [0.2, 0.25) is 5.91 Å². The lowest BCUT2D eigenvalue weighted by Crippen LogP contribution is -2.57. The third-order valence-electron chi connectivity index (χ3n) is 8.00. The number of hydrogen-bond acceptors (Lipinski definition) is 8. The van der Waals surface area contributed by atoms with Crippen LogP contribution < -0.4 is 16.0 Å². The molecule has 9 nitrogen and oxygen atoms in total. The maximum atomic E-state index is 14.1. The Labute approximate surface area is 275 Å². The van der Waals surface area contributed by atoms with Crippen molar-refractivity contribution in [3.8, 4) is 0 Å². The second kappa shape index (κ2) is 18.6. The van der Waals surface area contributed by atoms with Gasteiger partial charge in [-0.1, -0.05) is 51.5 Å². The number of nitrogens with one attached hydrogen (secondary N) is 3. The van der Waals surface area contributed by atoms with Crippen LogP contribution in [0.4, 0.5) is 13.6 Å². The highest BCUT2D eigenvalue weighted by Gasteiger charge is 2.35. The zero-order valence-electron chi connectivity index (χ0n) is 26.8. The van der Waals surface area contributed by atoms with E-state index in [1.165, 1.54) is 0 Å². The van der Waals surface area contributed by atoms with E-state index in [2.05, 4.69) is 16.0 Å². The molecule has 0 radical (unpaired) electrons. The molecule has 5 atom stereocenters. The first-order valence-electron chi connectivity index (χ1n) is 15.9. The quantitative estimate of drug-likeness (QED) is 0.183. The third-order valence-corrected chi connectivity index (χ3v) is 11.5. The molecule has 2 unspecified atom stereocenters. The number of hydrogen-bond donors (Lipinski definition) is 4. The molecule has 0 aliphatic carbocycles. The Balaban J connectivity index is 1.82. The van der Waals surface area contributed by atoms with Crippen molar-refractivity contribution in [3.63, 3.8) is 0 Å². The van der Waals surface area contributed by atoms with Gasteiger partial charge in [-0.25, -0.2) is 22.0 Å². The molecule has 0 bridgehead atoms. The summed E-state index contributed by atoms with van der Waals surface area (Å²) >= 11 is 1.63. The van der Waals surface area contributed by atoms with Crippen LogP contribution in [0.1, 0.15) is 63.1 Å². The molecule has 2 aromatic carbocycles. The number of thioether (sulfide) groups is 1. The number of carbonyl (C=O) groups excluding carboxylic acids is 2. The normalized spacial score (nSPS) is 17.6. The van der Waals surface area contributed by atoms with Crippen LogP contribution in [0.3, 0.4) is 0 Å². The number of alkyl carbamates (subject to hydrolysis) is 1. The van der Waals surface area contributed by atoms with Gasteiger partial charge >= 0.3 is 6.09 Å². The fraction of sp³-hybridized carbons (Fsp3) is 0.576. The number of aliphatic hydroxyl groups excluding tert-OH is 1. The molecular weight excluding hydrogens is 637 g/mol. The summed E-state index contributed by atoms with van der Waals surface area (Å²) in [6.07, 6.45) is 0.210. The predicted molar refractivity (Wildman–Crippen MR) is 177 cm³/mol. The minimum absolute atomic E-state index is 0.00525. The molecule has 3 rings (SSSR count). The van der Waals surface area contributed by atoms with Gasteiger partial charge in [0, 0.05) is 24.9 Å². The first-order valence-corrected chi connectivity index (χ1v) is 18.8. The Kier molecular flexibility index (Phi) is 15.2. The second-order valence-corrected chi connectivity index (χ2v) is 15.2. The fourth-order valence-corrected chi connectivity index (χ4v) is 8.63. The molecule has 4 N–H and O–H groups in total. The summed E-state index contributed by atoms with van der Waals surface area (Å²) in [6.45, 7) is 6.09. The lowest BCUT2D eigenvalue weighted by atomic mass is 10.00. The van der Waals surface area contributed by atoms with Crippen molar-refractivity contribution in [2.75, 3.05) is 23.8 Å². The van der Waals surface area contributed by atoms with Crippen molar-refractivity contribution < 1.29 is 36.6 Å². The highest BCUT2D eigenvalue weighted by molar-refractivity contribution is 7.99. The number of halogens is 2. The van der Waals surface area contributed by atoms with Crippen LogP contribution >= 0.6 is 11.8 Å². The summed E-state index contributed by atoms with van der Waals surface area (Å²) in [4.78, 5) is 26.5. The molecule has 0 aromatic heterocycles. The summed E-state index contributed by atoms with van der Waals surface area (Å²) in [7, 11) is -3.84. The van der Waals surface area contributed by atoms with E-state index in [-0.39, 0.29) is 24.6 Å². The highest BCUT2D eigenvalue weighted by atomic mass is 32.2. The van der Waals surface area contributed by atoms with Crippen molar-refractivity contribution in [3.05, 3.63) is 70.8 Å². The largest absolute Gasteiger partial charge is 0.445 e. The molecular formula is C33H47F2N3O6S2. The molecule has 1 saturated heterocycles. The number of rotatable bonds is 18. The second-order valence-electron chi connectivity index (χ2n) is 11.7. The number of ether oxygens (including phenoxy) is 1. The van der Waals surface area contributed by atoms with Gasteiger partial charge in [0.15, 0.2) is 9.84 Å². The van der Waals surface area contributed by atoms with Crippen LogP contribution in [-0.4, -0.2) is 78.9 Å². The highest BCUT2D eigenvalue weighted by Crippen LogP contribution is 2.21. The zero-order chi connectivity index (χ0) is 33.7. The summed E-state index contributed by atoms with van der Waals surface area (Å²) in [5, 5.41) is 18.8. The Morgan fingerprint density at radius 3 is 2.39 bits per heavy atom. The number of benzene rings is 2. The van der Waals surface area contributed by atoms with Crippen molar-refractivity contribution in [2.45, 2.75) is 95.4 Å². The number of amides is 2. The van der Waals surface area contributed by atoms with Gasteiger partial charge in [-0.05, 0) is 66.7 Å². The predicted octanol–water partition coefficient (Wildman–Crippen LogP) is 4.30. The van der Waals surface area contributed by atoms with E-state index in [9.17, 15) is 31.9 Å². The average Bonchev–Trinajstić information content (AvgIpc) is 3.51. The van der Waals surface area contributed by atoms with Crippen LogP contribution in [0.15, 0.2) is 42.5 Å². The van der Waals surface area contributed by atoms with Gasteiger partial charge in [0.1, 0.15) is 23.8 Å². The zero-order valence-corrected chi connectivity index (χ0v) is 28.4. The van der Waals surface area contributed by atoms with E-state index in [0.29, 0.717) is 38.0 Å². The van der Waals surface area contributed by atoms with Gasteiger partial charge < -0.3 is 25.8 Å². The van der Waals surface area contributed by atoms with Crippen LogP contribution in [0, 0.1) is 11.6 Å². The Morgan fingerprint density at radius 2 is 1.76 bits per heavy atom. The van der Waals surface area contributed by atoms with Gasteiger partial charge in [-0.2, -0.15) is 11.8 Å². The maximum absolute atomic E-state index is 14.1. The maximum Gasteiger partial charge on any atom is 0.408 e. The molecule has 256 valence electrons. The van der Waals surface area contributed by atoms with E-state index in [0.717, 1.165) is 41.5 Å². The Bertz CT molecular complexity index is 1370. The van der Waals surface area contributed by atoms with Crippen LogP contribution in [0.5, 0.6) is 0 Å². The molecule has 2 amide bonds. The van der Waals surface area contributed by atoms with Gasteiger partial charge in [-0.3, -0.25) is 4.79 Å². The number of sulfone groups is 1. The first-order chi connectivity index (χ1) is 21.9. The standard InChI is InChI=1S/C33H47F2N3O6S2/c1-4-8-28(6-3)46(42,43)21-30(38-33(41)44-27-11-12-45-20-27)32(40)37-29(16-24-14-25(34)17-26(35)15-24)31(39)19-36-18-23-10-7-9-22(5-2)13-23/h7,9-10,13-15,17,27-31,36,39H,4-6,8,11-12,16,18-21H2,1-3H3,(H,37,40)(H,38,41)/t27-,28?,29?,30-,31+/m0/s1. The van der Waals surface area contributed by atoms with Gasteiger partial charge in [0.05, 0.1) is 23.1 Å². The molecule has 1 aliphatic rings. The summed E-state index contributed by atoms with van der Waals surface area (Å²) in [5.74, 6) is -1.74. The minimum Gasteiger partial charge on any atom is -0.445 e. The van der Waals surface area contributed by atoms with E-state index >= 15 is 0 Å². The summed E-state index contributed by atoms with van der Waals surface area (Å²) < 4.78 is 60.3. The molecule has 2 aromatic rings. The monoisotopic (exact) mass is 683 g/mol. The Hall–Kier alpha value is -2.74. The third kappa shape index (κ3) is 12.1. The van der Waals surface area contributed by atoms with Crippen molar-refractivity contribution in [1.29, 1.82) is 0 Å². The number of aryl methyl sites for hydroxylation is 1. The SMILES string of the molecule is CCCC(CC)S(=O)(=O)C[C@H](NC(=O)O[C@H]1CCSC1)C(=O)NC(Cc1cc(F)cc(F)c1)[C@H](O)CNCc1cccc(CC)c1. The van der Waals surface area contributed by atoms with E-state index in [1.54, 1.807) is 18.7 Å². The number of aliphatic hydroxyl groups is 1. The smallest absolute Gasteiger partial charge is 0.408 e. The molecule has 1 fully saturated rings. The lowest BCUT2D eigenvalue weighted by Gasteiger charge is -2.28. The van der Waals surface area contributed by atoms with Gasteiger partial charge in [-0.15, -0.1) is 0 Å². The minimum atomic E-state index is -3.84. The molecule has 0 spiro atoms. The molecule has 46 heavy (non-hydrogen) atoms. The lowest BCUT2D eigenvalue weighted by molar-refractivity contribution is -0.124. The van der Waals surface area contributed by atoms with Crippen LogP contribution in [0.25, 0.3) is 0 Å². The molecule has 0 saturated carbocycles.